The van der Waals surface area contributed by atoms with Crippen LogP contribution in [0.25, 0.3) is 0 Å². The fourth-order valence-electron chi connectivity index (χ4n) is 1.81. The van der Waals surface area contributed by atoms with Gasteiger partial charge in [0, 0.05) is 11.6 Å². The maximum Gasteiger partial charge on any atom is 0.432 e. The Balaban J connectivity index is 2.91. The molecule has 0 spiro atoms. The van der Waals surface area contributed by atoms with Crippen LogP contribution in [0.1, 0.15) is 26.7 Å². The number of carbonyl (C=O) groups is 1. The monoisotopic (exact) mass is 321 g/mol. The van der Waals surface area contributed by atoms with E-state index in [1.54, 1.807) is 20.1 Å². The molecule has 0 radical (unpaired) electrons. The molecule has 2 N–H and O–H groups in total. The summed E-state index contributed by atoms with van der Waals surface area (Å²) in [7, 11) is 0. The van der Waals surface area contributed by atoms with Crippen LogP contribution in [-0.4, -0.2) is 41.2 Å². The van der Waals surface area contributed by atoms with Gasteiger partial charge in [0.15, 0.2) is 0 Å². The summed E-state index contributed by atoms with van der Waals surface area (Å²) < 4.78 is 38.5. The average molecular weight is 321 g/mol. The van der Waals surface area contributed by atoms with E-state index in [2.05, 4.69) is 10.3 Å². The first kappa shape index (κ1) is 17.7. The Morgan fingerprint density at radius 1 is 1.57 bits per heavy atom. The minimum atomic E-state index is -4.57. The van der Waals surface area contributed by atoms with E-state index in [4.69, 9.17) is 5.41 Å². The fourth-order valence-corrected chi connectivity index (χ4v) is 2.22. The van der Waals surface area contributed by atoms with Crippen molar-refractivity contribution in [3.05, 3.63) is 11.6 Å². The van der Waals surface area contributed by atoms with Crippen LogP contribution >= 0.6 is 11.8 Å². The van der Waals surface area contributed by atoms with E-state index in [-0.39, 0.29) is 17.0 Å². The maximum atomic E-state index is 12.8. The second-order valence-electron chi connectivity index (χ2n) is 4.83. The maximum absolute atomic E-state index is 12.8. The summed E-state index contributed by atoms with van der Waals surface area (Å²) in [6.07, 6.45) is -1.44. The molecular formula is C13H18F3N3OS. The molecule has 1 aliphatic heterocycles. The van der Waals surface area contributed by atoms with Crippen molar-refractivity contribution >= 4 is 28.4 Å². The number of rotatable bonds is 3. The van der Waals surface area contributed by atoms with E-state index < -0.39 is 29.9 Å². The van der Waals surface area contributed by atoms with E-state index in [0.717, 1.165) is 6.08 Å². The molecule has 118 valence electrons. The van der Waals surface area contributed by atoms with Gasteiger partial charge in [-0.2, -0.15) is 13.2 Å². The lowest BCUT2D eigenvalue weighted by Gasteiger charge is -2.15. The first-order valence-corrected chi connectivity index (χ1v) is 7.66. The number of amides is 1. The fraction of sp³-hybridized carbons (Fsp3) is 0.615. The van der Waals surface area contributed by atoms with Gasteiger partial charge in [-0.1, -0.05) is 0 Å². The van der Waals surface area contributed by atoms with Crippen LogP contribution in [-0.2, 0) is 4.79 Å². The zero-order valence-corrected chi connectivity index (χ0v) is 12.9. The lowest BCUT2D eigenvalue weighted by molar-refractivity contribution is -0.117. The molecule has 0 saturated heterocycles. The first-order chi connectivity index (χ1) is 9.65. The Labute approximate surface area is 125 Å². The molecule has 1 rings (SSSR count). The van der Waals surface area contributed by atoms with Crippen LogP contribution in [0.4, 0.5) is 13.2 Å². The highest BCUT2D eigenvalue weighted by Crippen LogP contribution is 2.24. The lowest BCUT2D eigenvalue weighted by Crippen LogP contribution is -2.38. The average Bonchev–Trinajstić information content (AvgIpc) is 2.59. The van der Waals surface area contributed by atoms with Crippen molar-refractivity contribution in [2.45, 2.75) is 44.9 Å². The zero-order chi connectivity index (χ0) is 16.2. The third-order valence-electron chi connectivity index (χ3n) is 3.04. The molecule has 1 aliphatic rings. The molecule has 0 aromatic rings. The number of halogens is 3. The van der Waals surface area contributed by atoms with Crippen molar-refractivity contribution < 1.29 is 18.0 Å². The van der Waals surface area contributed by atoms with Crippen LogP contribution < -0.4 is 5.32 Å². The van der Waals surface area contributed by atoms with Gasteiger partial charge in [-0.15, -0.1) is 11.8 Å². The molecule has 1 amide bonds. The molecule has 1 heterocycles. The highest BCUT2D eigenvalue weighted by molar-refractivity contribution is 8.13. The quantitative estimate of drug-likeness (QED) is 0.620. The summed E-state index contributed by atoms with van der Waals surface area (Å²) >= 11 is 1.18. The normalized spacial score (nSPS) is 21.0. The zero-order valence-electron chi connectivity index (χ0n) is 12.0. The van der Waals surface area contributed by atoms with Gasteiger partial charge in [-0.25, -0.2) is 0 Å². The SMILES string of the molecule is CSC(=N)[C@H](C)NC(=O)C1=CC(C(F)(F)F)=NC(C)CC1. The largest absolute Gasteiger partial charge is 0.432 e. The summed E-state index contributed by atoms with van der Waals surface area (Å²) in [6, 6.07) is -1.01. The van der Waals surface area contributed by atoms with E-state index in [9.17, 15) is 18.0 Å². The third-order valence-corrected chi connectivity index (χ3v) is 3.84. The Morgan fingerprint density at radius 2 is 2.19 bits per heavy atom. The highest BCUT2D eigenvalue weighted by atomic mass is 32.2. The van der Waals surface area contributed by atoms with E-state index in [1.165, 1.54) is 11.8 Å². The minimum Gasteiger partial charge on any atom is -0.344 e. The number of nitrogens with zero attached hydrogens (tertiary/aromatic N) is 1. The van der Waals surface area contributed by atoms with Gasteiger partial charge in [0.25, 0.3) is 0 Å². The second kappa shape index (κ2) is 7.11. The number of nitrogens with one attached hydrogen (secondary N) is 2. The Hall–Kier alpha value is -1.31. The molecule has 2 atom stereocenters. The first-order valence-electron chi connectivity index (χ1n) is 6.44. The lowest BCUT2D eigenvalue weighted by atomic mass is 10.1. The van der Waals surface area contributed by atoms with E-state index in [0.29, 0.717) is 6.42 Å². The van der Waals surface area contributed by atoms with Crippen LogP contribution in [0.3, 0.4) is 0 Å². The van der Waals surface area contributed by atoms with Gasteiger partial charge in [0.1, 0.15) is 5.71 Å². The number of allylic oxidation sites excluding steroid dienone is 1. The summed E-state index contributed by atoms with van der Waals surface area (Å²) in [6.45, 7) is 3.21. The molecular weight excluding hydrogens is 303 g/mol. The molecule has 0 aromatic heterocycles. The summed E-state index contributed by atoms with van der Waals surface area (Å²) in [5.41, 5.74) is -0.971. The molecule has 0 fully saturated rings. The molecule has 0 saturated carbocycles. The number of aliphatic imine (C=N–C) groups is 1. The molecule has 8 heteroatoms. The Kier molecular flexibility index (Phi) is 6.00. The molecule has 0 bridgehead atoms. The van der Waals surface area contributed by atoms with Crippen LogP contribution in [0.15, 0.2) is 16.6 Å². The van der Waals surface area contributed by atoms with Gasteiger partial charge >= 0.3 is 6.18 Å². The van der Waals surface area contributed by atoms with Crippen molar-refractivity contribution in [3.8, 4) is 0 Å². The van der Waals surface area contributed by atoms with Gasteiger partial charge in [-0.3, -0.25) is 15.2 Å². The van der Waals surface area contributed by atoms with Crippen molar-refractivity contribution in [2.24, 2.45) is 4.99 Å². The van der Waals surface area contributed by atoms with Gasteiger partial charge in [0.05, 0.1) is 11.1 Å². The standard InChI is InChI=1S/C13H18F3N3OS/c1-7-4-5-9(6-10(18-7)13(14,15)16)12(20)19-8(2)11(17)21-3/h6-8,17H,4-5H2,1-3H3,(H,19,20)/t7?,8-/m0/s1. The molecule has 21 heavy (non-hydrogen) atoms. The third kappa shape index (κ3) is 5.18. The second-order valence-corrected chi connectivity index (χ2v) is 5.68. The number of alkyl halides is 3. The minimum absolute atomic E-state index is 0.0520. The van der Waals surface area contributed by atoms with Gasteiger partial charge in [0.2, 0.25) is 5.91 Å². The van der Waals surface area contributed by atoms with Crippen molar-refractivity contribution in [1.82, 2.24) is 5.32 Å². The smallest absolute Gasteiger partial charge is 0.344 e. The highest BCUT2D eigenvalue weighted by Gasteiger charge is 2.36. The Bertz CT molecular complexity index is 486. The number of hydrogen-bond acceptors (Lipinski definition) is 4. The predicted octanol–water partition coefficient (Wildman–Crippen LogP) is 2.94. The molecule has 0 aromatic carbocycles. The van der Waals surface area contributed by atoms with Gasteiger partial charge < -0.3 is 5.32 Å². The number of thioether (sulfide) groups is 1. The molecule has 1 unspecified atom stereocenters. The van der Waals surface area contributed by atoms with E-state index >= 15 is 0 Å². The Morgan fingerprint density at radius 3 is 2.71 bits per heavy atom. The van der Waals surface area contributed by atoms with Crippen molar-refractivity contribution in [1.29, 1.82) is 5.41 Å². The summed E-state index contributed by atoms with van der Waals surface area (Å²) in [5, 5.41) is 10.4. The van der Waals surface area contributed by atoms with Gasteiger partial charge in [-0.05, 0) is 39.0 Å². The predicted molar refractivity (Wildman–Crippen MR) is 79.1 cm³/mol. The van der Waals surface area contributed by atoms with Crippen molar-refractivity contribution in [2.75, 3.05) is 6.26 Å². The number of carbonyl (C=O) groups excluding carboxylic acids is 1. The van der Waals surface area contributed by atoms with Crippen LogP contribution in [0, 0.1) is 5.41 Å². The molecule has 0 aliphatic carbocycles. The summed E-state index contributed by atoms with van der Waals surface area (Å²) in [5.74, 6) is -0.577. The van der Waals surface area contributed by atoms with Crippen LogP contribution in [0.2, 0.25) is 0 Å². The summed E-state index contributed by atoms with van der Waals surface area (Å²) in [4.78, 5) is 15.7. The number of hydrogen-bond donors (Lipinski definition) is 2. The van der Waals surface area contributed by atoms with E-state index in [1.807, 2.05) is 0 Å². The topological polar surface area (TPSA) is 65.3 Å². The molecule has 4 nitrogen and oxygen atoms in total. The van der Waals surface area contributed by atoms with Crippen LogP contribution in [0.5, 0.6) is 0 Å². The van der Waals surface area contributed by atoms with Crippen molar-refractivity contribution in [3.63, 3.8) is 0 Å².